The van der Waals surface area contributed by atoms with Crippen molar-refractivity contribution in [3.8, 4) is 23.0 Å². The quantitative estimate of drug-likeness (QED) is 0.0914. The summed E-state index contributed by atoms with van der Waals surface area (Å²) in [6, 6.07) is 16.5. The third kappa shape index (κ3) is 5.49. The number of hydrogen-bond donors (Lipinski definition) is 1. The van der Waals surface area contributed by atoms with Crippen LogP contribution >= 0.6 is 11.3 Å². The summed E-state index contributed by atoms with van der Waals surface area (Å²) in [5.41, 5.74) is 1.49. The number of benzene rings is 3. The monoisotopic (exact) mass is 588 g/mol. The second-order valence-corrected chi connectivity index (χ2v) is 10.6. The lowest BCUT2D eigenvalue weighted by Gasteiger charge is -2.23. The third-order valence-electron chi connectivity index (χ3n) is 6.91. The smallest absolute Gasteiger partial charge is 0.301 e. The molecule has 2 heterocycles. The van der Waals surface area contributed by atoms with E-state index in [1.807, 2.05) is 25.1 Å². The number of aromatic nitrogens is 1. The van der Waals surface area contributed by atoms with Crippen molar-refractivity contribution in [1.29, 1.82) is 0 Å². The Morgan fingerprint density at radius 1 is 0.952 bits per heavy atom. The molecular formula is C32H32N2O7S. The Kier molecular flexibility index (Phi) is 8.63. The molecule has 0 bridgehead atoms. The van der Waals surface area contributed by atoms with Crippen molar-refractivity contribution >= 4 is 44.1 Å². The molecule has 0 radical (unpaired) electrons. The van der Waals surface area contributed by atoms with Crippen molar-refractivity contribution in [2.24, 2.45) is 0 Å². The highest BCUT2D eigenvalue weighted by molar-refractivity contribution is 7.22. The maximum absolute atomic E-state index is 13.7. The summed E-state index contributed by atoms with van der Waals surface area (Å²) in [6.07, 6.45) is 1.86. The molecule has 5 rings (SSSR count). The molecule has 0 spiro atoms. The molecule has 42 heavy (non-hydrogen) atoms. The number of fused-ring (bicyclic) bond motifs is 1. The fourth-order valence-corrected chi connectivity index (χ4v) is 5.86. The minimum absolute atomic E-state index is 0.0628. The Morgan fingerprint density at radius 2 is 1.74 bits per heavy atom. The van der Waals surface area contributed by atoms with Gasteiger partial charge in [-0.05, 0) is 61.4 Å². The first-order valence-corrected chi connectivity index (χ1v) is 14.5. The van der Waals surface area contributed by atoms with Gasteiger partial charge in [0.1, 0.15) is 17.3 Å². The van der Waals surface area contributed by atoms with Crippen LogP contribution in [-0.4, -0.2) is 49.2 Å². The Bertz CT molecular complexity index is 1660. The van der Waals surface area contributed by atoms with Gasteiger partial charge in [-0.2, -0.15) is 0 Å². The lowest BCUT2D eigenvalue weighted by Crippen LogP contribution is -2.29. The Balaban J connectivity index is 1.67. The minimum Gasteiger partial charge on any atom is -0.507 e. The number of ether oxygens (including phenoxy) is 4. The fourth-order valence-electron chi connectivity index (χ4n) is 4.84. The zero-order chi connectivity index (χ0) is 29.8. The van der Waals surface area contributed by atoms with Crippen molar-refractivity contribution < 1.29 is 33.6 Å². The summed E-state index contributed by atoms with van der Waals surface area (Å²) >= 11 is 1.26. The first kappa shape index (κ1) is 28.9. The highest BCUT2D eigenvalue weighted by atomic mass is 32.1. The van der Waals surface area contributed by atoms with Crippen molar-refractivity contribution in [2.75, 3.05) is 32.3 Å². The van der Waals surface area contributed by atoms with Gasteiger partial charge >= 0.3 is 5.91 Å². The summed E-state index contributed by atoms with van der Waals surface area (Å²) in [7, 11) is 3.03. The Hall–Kier alpha value is -4.57. The van der Waals surface area contributed by atoms with Crippen LogP contribution < -0.4 is 23.8 Å². The molecule has 1 aromatic heterocycles. The number of aliphatic hydroxyl groups is 1. The highest BCUT2D eigenvalue weighted by Crippen LogP contribution is 2.46. The molecular weight excluding hydrogens is 556 g/mol. The van der Waals surface area contributed by atoms with Crippen molar-refractivity contribution in [3.05, 3.63) is 77.4 Å². The number of nitrogens with zero attached hydrogens (tertiary/aromatic N) is 2. The van der Waals surface area contributed by atoms with Gasteiger partial charge in [-0.1, -0.05) is 42.9 Å². The maximum Gasteiger partial charge on any atom is 0.301 e. The number of rotatable bonds is 11. The predicted octanol–water partition coefficient (Wildman–Crippen LogP) is 6.52. The van der Waals surface area contributed by atoms with E-state index in [0.29, 0.717) is 58.0 Å². The van der Waals surface area contributed by atoms with Crippen LogP contribution in [0.15, 0.2) is 66.2 Å². The average Bonchev–Trinajstić information content (AvgIpc) is 3.54. The van der Waals surface area contributed by atoms with Gasteiger partial charge < -0.3 is 24.1 Å². The molecule has 1 atom stereocenters. The van der Waals surface area contributed by atoms with Gasteiger partial charge in [0.2, 0.25) is 0 Å². The number of anilines is 1. The van der Waals surface area contributed by atoms with Gasteiger partial charge in [0, 0.05) is 5.56 Å². The first-order valence-electron chi connectivity index (χ1n) is 13.7. The van der Waals surface area contributed by atoms with Crippen LogP contribution in [0.3, 0.4) is 0 Å². The second kappa shape index (κ2) is 12.5. The number of ketones is 1. The highest BCUT2D eigenvalue weighted by Gasteiger charge is 2.48. The van der Waals surface area contributed by atoms with Crippen LogP contribution in [0, 0.1) is 0 Å². The van der Waals surface area contributed by atoms with Gasteiger partial charge in [-0.3, -0.25) is 14.5 Å². The van der Waals surface area contributed by atoms with Crippen LogP contribution in [-0.2, 0) is 9.59 Å². The number of carbonyl (C=O) groups is 2. The van der Waals surface area contributed by atoms with E-state index in [2.05, 4.69) is 6.92 Å². The van der Waals surface area contributed by atoms with Gasteiger partial charge in [-0.15, -0.1) is 0 Å². The Labute approximate surface area is 247 Å². The standard InChI is InChI=1S/C32H32N2O7S/c1-5-7-15-41-21-10-8-9-20(16-21)29(35)27-28(19-11-14-24(38-3)25(17-19)39-4)34(31(37)30(27)36)32-33-23-13-12-22(40-6-2)18-26(23)42-32/h8-14,16-18,28,35H,5-7,15H2,1-4H3. The summed E-state index contributed by atoms with van der Waals surface area (Å²) in [4.78, 5) is 33.4. The molecule has 1 amide bonds. The van der Waals surface area contributed by atoms with E-state index in [-0.39, 0.29) is 11.3 Å². The van der Waals surface area contributed by atoms with Gasteiger partial charge in [0.25, 0.3) is 5.78 Å². The van der Waals surface area contributed by atoms with E-state index in [1.54, 1.807) is 42.5 Å². The molecule has 0 saturated carbocycles. The van der Waals surface area contributed by atoms with Crippen LogP contribution in [0.4, 0.5) is 5.13 Å². The van der Waals surface area contributed by atoms with Crippen LogP contribution in [0.1, 0.15) is 43.9 Å². The number of amides is 1. The van der Waals surface area contributed by atoms with E-state index < -0.39 is 17.7 Å². The molecule has 1 N–H and O–H groups in total. The average molecular weight is 589 g/mol. The molecule has 1 fully saturated rings. The predicted molar refractivity (Wildman–Crippen MR) is 162 cm³/mol. The van der Waals surface area contributed by atoms with Crippen molar-refractivity contribution in [2.45, 2.75) is 32.7 Å². The zero-order valence-electron chi connectivity index (χ0n) is 23.9. The molecule has 4 aromatic rings. The summed E-state index contributed by atoms with van der Waals surface area (Å²) in [5, 5.41) is 11.9. The van der Waals surface area contributed by atoms with Gasteiger partial charge in [-0.25, -0.2) is 4.98 Å². The topological polar surface area (TPSA) is 107 Å². The zero-order valence-corrected chi connectivity index (χ0v) is 24.7. The van der Waals surface area contributed by atoms with Gasteiger partial charge in [0.15, 0.2) is 16.6 Å². The SMILES string of the molecule is CCCCOc1cccc(C(O)=C2C(=O)C(=O)N(c3nc4ccc(OCC)cc4s3)C2c2ccc(OC)c(OC)c2)c1. The summed E-state index contributed by atoms with van der Waals surface area (Å²) in [6.45, 7) is 5.01. The molecule has 3 aromatic carbocycles. The van der Waals surface area contributed by atoms with E-state index in [9.17, 15) is 14.7 Å². The molecule has 1 aliphatic heterocycles. The normalized spacial score (nSPS) is 16.2. The molecule has 218 valence electrons. The number of Topliss-reactive ketones (excluding diaryl/α,β-unsaturated/α-hetero) is 1. The van der Waals surface area contributed by atoms with Crippen LogP contribution in [0.5, 0.6) is 23.0 Å². The fraction of sp³-hybridized carbons (Fsp3) is 0.281. The van der Waals surface area contributed by atoms with Crippen LogP contribution in [0.25, 0.3) is 16.0 Å². The van der Waals surface area contributed by atoms with E-state index in [4.69, 9.17) is 23.9 Å². The molecule has 0 aliphatic carbocycles. The number of methoxy groups -OCH3 is 2. The Morgan fingerprint density at radius 3 is 2.48 bits per heavy atom. The van der Waals surface area contributed by atoms with Gasteiger partial charge in [0.05, 0.1) is 49.3 Å². The molecule has 9 nitrogen and oxygen atoms in total. The lowest BCUT2D eigenvalue weighted by atomic mass is 9.95. The number of unbranched alkanes of at least 4 members (excludes halogenated alkanes) is 1. The third-order valence-corrected chi connectivity index (χ3v) is 7.93. The second-order valence-electron chi connectivity index (χ2n) is 9.57. The molecule has 1 aliphatic rings. The molecule has 1 unspecified atom stereocenters. The van der Waals surface area contributed by atoms with E-state index >= 15 is 0 Å². The van der Waals surface area contributed by atoms with E-state index in [0.717, 1.165) is 17.5 Å². The van der Waals surface area contributed by atoms with E-state index in [1.165, 1.54) is 30.5 Å². The first-order chi connectivity index (χ1) is 20.4. The largest absolute Gasteiger partial charge is 0.507 e. The van der Waals surface area contributed by atoms with Crippen molar-refractivity contribution in [1.82, 2.24) is 4.98 Å². The maximum atomic E-state index is 13.7. The molecule has 10 heteroatoms. The number of carbonyl (C=O) groups excluding carboxylic acids is 2. The van der Waals surface area contributed by atoms with Crippen LogP contribution in [0.2, 0.25) is 0 Å². The van der Waals surface area contributed by atoms with Crippen molar-refractivity contribution in [3.63, 3.8) is 0 Å². The lowest BCUT2D eigenvalue weighted by molar-refractivity contribution is -0.132. The number of aliphatic hydroxyl groups excluding tert-OH is 1. The summed E-state index contributed by atoms with van der Waals surface area (Å²) in [5.74, 6) is 0.211. The summed E-state index contributed by atoms with van der Waals surface area (Å²) < 4.78 is 23.2. The minimum atomic E-state index is -0.985. The number of thiazole rings is 1. The molecule has 1 saturated heterocycles. The number of hydrogen-bond acceptors (Lipinski definition) is 9.